The Kier molecular flexibility index (Phi) is 3.46. The zero-order chi connectivity index (χ0) is 13.2. The summed E-state index contributed by atoms with van der Waals surface area (Å²) >= 11 is 0. The minimum atomic E-state index is -3.66. The summed E-state index contributed by atoms with van der Waals surface area (Å²) in [6.45, 7) is 0.200. The van der Waals surface area contributed by atoms with E-state index in [0.717, 1.165) is 15.6 Å². The normalized spacial score (nSPS) is 11.9. The third-order valence-corrected chi connectivity index (χ3v) is 3.49. The van der Waals surface area contributed by atoms with Crippen molar-refractivity contribution in [3.63, 3.8) is 0 Å². The zero-order valence-electron chi connectivity index (χ0n) is 9.89. The number of aromatic nitrogens is 2. The Morgan fingerprint density at radius 1 is 1.33 bits per heavy atom. The van der Waals surface area contributed by atoms with E-state index >= 15 is 0 Å². The van der Waals surface area contributed by atoms with Gasteiger partial charge in [-0.05, 0) is 12.1 Å². The van der Waals surface area contributed by atoms with E-state index in [9.17, 15) is 8.42 Å². The van der Waals surface area contributed by atoms with Crippen molar-refractivity contribution in [3.05, 3.63) is 48.3 Å². The highest BCUT2D eigenvalue weighted by atomic mass is 32.2. The molecular weight excluding hydrogens is 252 g/mol. The van der Waals surface area contributed by atoms with E-state index in [4.69, 9.17) is 5.14 Å². The summed E-state index contributed by atoms with van der Waals surface area (Å²) in [4.78, 5) is 0. The quantitative estimate of drug-likeness (QED) is 0.875. The van der Waals surface area contributed by atoms with Crippen LogP contribution in [0.3, 0.4) is 0 Å². The summed E-state index contributed by atoms with van der Waals surface area (Å²) in [6.07, 6.45) is 3.39. The zero-order valence-corrected chi connectivity index (χ0v) is 10.7. The highest BCUT2D eigenvalue weighted by Gasteiger charge is 2.13. The summed E-state index contributed by atoms with van der Waals surface area (Å²) in [5.74, 6) is 0. The van der Waals surface area contributed by atoms with Crippen molar-refractivity contribution in [1.29, 1.82) is 0 Å². The molecule has 2 aromatic rings. The van der Waals surface area contributed by atoms with Crippen molar-refractivity contribution in [3.8, 4) is 5.69 Å². The summed E-state index contributed by atoms with van der Waals surface area (Å²) in [5.41, 5.74) is 1.69. The highest BCUT2D eigenvalue weighted by Crippen LogP contribution is 2.09. The summed E-state index contributed by atoms with van der Waals surface area (Å²) in [6, 6.07) is 9.57. The number of nitrogens with two attached hydrogens (primary N) is 1. The molecule has 0 fully saturated rings. The van der Waals surface area contributed by atoms with E-state index < -0.39 is 10.2 Å². The molecule has 0 saturated heterocycles. The number of hydrogen-bond acceptors (Lipinski definition) is 3. The van der Waals surface area contributed by atoms with Crippen molar-refractivity contribution in [1.82, 2.24) is 14.1 Å². The van der Waals surface area contributed by atoms with E-state index in [1.54, 1.807) is 17.1 Å². The predicted octanol–water partition coefficient (Wildman–Crippen LogP) is 0.508. The lowest BCUT2D eigenvalue weighted by Crippen LogP contribution is -2.32. The smallest absolute Gasteiger partial charge is 0.241 e. The Morgan fingerprint density at radius 3 is 2.61 bits per heavy atom. The standard InChI is InChI=1S/C11H14N4O2S/c1-14(18(12,16)17)8-10-7-13-15(9-10)11-5-3-2-4-6-11/h2-7,9H,8H2,1H3,(H2,12,16,17). The van der Waals surface area contributed by atoms with Gasteiger partial charge >= 0.3 is 0 Å². The third-order valence-electron chi connectivity index (χ3n) is 2.50. The molecule has 0 amide bonds. The summed E-state index contributed by atoms with van der Waals surface area (Å²) < 4.78 is 24.9. The Morgan fingerprint density at radius 2 is 2.00 bits per heavy atom. The van der Waals surface area contributed by atoms with Crippen molar-refractivity contribution >= 4 is 10.2 Å². The highest BCUT2D eigenvalue weighted by molar-refractivity contribution is 7.86. The first kappa shape index (κ1) is 12.7. The van der Waals surface area contributed by atoms with E-state index in [1.807, 2.05) is 30.3 Å². The van der Waals surface area contributed by atoms with Crippen LogP contribution in [0, 0.1) is 0 Å². The van der Waals surface area contributed by atoms with Gasteiger partial charge in [0.1, 0.15) is 0 Å². The molecule has 18 heavy (non-hydrogen) atoms. The van der Waals surface area contributed by atoms with E-state index in [2.05, 4.69) is 5.10 Å². The molecule has 1 heterocycles. The molecule has 6 nitrogen and oxygen atoms in total. The Bertz CT molecular complexity index is 622. The largest absolute Gasteiger partial charge is 0.276 e. The maximum absolute atomic E-state index is 11.1. The van der Waals surface area contributed by atoms with Gasteiger partial charge < -0.3 is 0 Å². The van der Waals surface area contributed by atoms with Crippen LogP contribution in [-0.4, -0.2) is 29.6 Å². The van der Waals surface area contributed by atoms with Crippen LogP contribution in [0.1, 0.15) is 5.56 Å². The molecule has 0 atom stereocenters. The fourth-order valence-corrected chi connectivity index (χ4v) is 1.84. The first-order valence-corrected chi connectivity index (χ1v) is 6.80. The SMILES string of the molecule is CN(Cc1cnn(-c2ccccc2)c1)S(N)(=O)=O. The van der Waals surface area contributed by atoms with Gasteiger partial charge in [0.25, 0.3) is 10.2 Å². The molecule has 2 rings (SSSR count). The van der Waals surface area contributed by atoms with Gasteiger partial charge in [-0.3, -0.25) is 0 Å². The van der Waals surface area contributed by atoms with E-state index in [0.29, 0.717) is 0 Å². The molecule has 0 aliphatic heterocycles. The lowest BCUT2D eigenvalue weighted by Gasteiger charge is -2.11. The van der Waals surface area contributed by atoms with Gasteiger partial charge in [-0.15, -0.1) is 0 Å². The average molecular weight is 266 g/mol. The van der Waals surface area contributed by atoms with Crippen molar-refractivity contribution in [2.45, 2.75) is 6.54 Å². The topological polar surface area (TPSA) is 81.2 Å². The van der Waals surface area contributed by atoms with Crippen molar-refractivity contribution in [2.24, 2.45) is 5.14 Å². The van der Waals surface area contributed by atoms with Gasteiger partial charge in [0.15, 0.2) is 0 Å². The second-order valence-electron chi connectivity index (χ2n) is 3.93. The first-order chi connectivity index (χ1) is 8.47. The van der Waals surface area contributed by atoms with Gasteiger partial charge in [-0.25, -0.2) is 9.82 Å². The van der Waals surface area contributed by atoms with Crippen LogP contribution >= 0.6 is 0 Å². The van der Waals surface area contributed by atoms with Gasteiger partial charge in [-0.1, -0.05) is 18.2 Å². The van der Waals surface area contributed by atoms with Gasteiger partial charge in [0.05, 0.1) is 11.9 Å². The minimum Gasteiger partial charge on any atom is -0.241 e. The molecule has 0 unspecified atom stereocenters. The predicted molar refractivity (Wildman–Crippen MR) is 68.1 cm³/mol. The second-order valence-corrected chi connectivity index (χ2v) is 5.58. The fraction of sp³-hybridized carbons (Fsp3) is 0.182. The first-order valence-electron chi connectivity index (χ1n) is 5.30. The van der Waals surface area contributed by atoms with E-state index in [-0.39, 0.29) is 6.54 Å². The number of hydrogen-bond donors (Lipinski definition) is 1. The van der Waals surface area contributed by atoms with Crippen LogP contribution in [0.4, 0.5) is 0 Å². The summed E-state index contributed by atoms with van der Waals surface area (Å²) in [5, 5.41) is 9.19. The van der Waals surface area contributed by atoms with E-state index in [1.165, 1.54) is 7.05 Å². The molecular formula is C11H14N4O2S. The Labute approximate surface area is 106 Å². The third kappa shape index (κ3) is 2.95. The molecule has 0 saturated carbocycles. The molecule has 0 aliphatic rings. The lowest BCUT2D eigenvalue weighted by atomic mass is 10.3. The van der Waals surface area contributed by atoms with Gasteiger partial charge in [0.2, 0.25) is 0 Å². The summed E-state index contributed by atoms with van der Waals surface area (Å²) in [7, 11) is -2.23. The molecule has 0 bridgehead atoms. The molecule has 2 N–H and O–H groups in total. The number of benzene rings is 1. The number of nitrogens with zero attached hydrogens (tertiary/aromatic N) is 3. The molecule has 0 aliphatic carbocycles. The van der Waals surface area contributed by atoms with Crippen LogP contribution in [-0.2, 0) is 16.8 Å². The van der Waals surface area contributed by atoms with Crippen molar-refractivity contribution < 1.29 is 8.42 Å². The number of rotatable bonds is 4. The number of para-hydroxylation sites is 1. The molecule has 7 heteroatoms. The van der Waals surface area contributed by atoms with Gasteiger partial charge in [-0.2, -0.15) is 17.8 Å². The fourth-order valence-electron chi connectivity index (χ4n) is 1.51. The second kappa shape index (κ2) is 4.89. The molecule has 1 aromatic carbocycles. The molecule has 1 aromatic heterocycles. The minimum absolute atomic E-state index is 0.200. The van der Waals surface area contributed by atoms with Crippen LogP contribution in [0.2, 0.25) is 0 Å². The molecule has 96 valence electrons. The monoisotopic (exact) mass is 266 g/mol. The maximum atomic E-state index is 11.1. The average Bonchev–Trinajstić information content (AvgIpc) is 2.77. The van der Waals surface area contributed by atoms with Crippen LogP contribution in [0.25, 0.3) is 5.69 Å². The van der Waals surface area contributed by atoms with Crippen molar-refractivity contribution in [2.75, 3.05) is 7.05 Å². The molecule has 0 radical (unpaired) electrons. The van der Waals surface area contributed by atoms with Crippen LogP contribution in [0.15, 0.2) is 42.7 Å². The van der Waals surface area contributed by atoms with Crippen LogP contribution < -0.4 is 5.14 Å². The Balaban J connectivity index is 2.17. The van der Waals surface area contributed by atoms with Crippen LogP contribution in [0.5, 0.6) is 0 Å². The Hall–Kier alpha value is -1.70. The maximum Gasteiger partial charge on any atom is 0.276 e. The lowest BCUT2D eigenvalue weighted by molar-refractivity contribution is 0.468. The van der Waals surface area contributed by atoms with Gasteiger partial charge in [0, 0.05) is 25.4 Å². The molecule has 0 spiro atoms.